The molecule has 0 amide bonds. The number of nitro groups is 1. The minimum Gasteiger partial charge on any atom is -0.372 e. The maximum Gasteiger partial charge on any atom is 0.357 e. The predicted octanol–water partition coefficient (Wildman–Crippen LogP) is 2.54. The van der Waals surface area contributed by atoms with Gasteiger partial charge in [-0.3, -0.25) is 14.9 Å². The second kappa shape index (κ2) is 6.24. The third kappa shape index (κ3) is 2.65. The van der Waals surface area contributed by atoms with E-state index >= 15 is 0 Å². The fraction of sp³-hybridized carbons (Fsp3) is 0.471. The van der Waals surface area contributed by atoms with Crippen LogP contribution in [0.3, 0.4) is 0 Å². The molecular formula is C17H21N3O4. The predicted molar refractivity (Wildman–Crippen MR) is 92.8 cm³/mol. The summed E-state index contributed by atoms with van der Waals surface area (Å²) in [6, 6.07) is 7.36. The molecule has 2 heterocycles. The number of pyridine rings is 1. The first-order valence-electron chi connectivity index (χ1n) is 8.14. The SMILES string of the molecule is CCn1c(=O)c([N+](=O)[O-])c(N2C[C@H](C)O[C@@H](C)C2)c2ccccc21. The summed E-state index contributed by atoms with van der Waals surface area (Å²) >= 11 is 0. The van der Waals surface area contributed by atoms with Gasteiger partial charge in [0, 0.05) is 25.0 Å². The Hall–Kier alpha value is -2.41. The van der Waals surface area contributed by atoms with Gasteiger partial charge in [-0.2, -0.15) is 0 Å². The molecule has 0 radical (unpaired) electrons. The molecule has 7 heteroatoms. The first kappa shape index (κ1) is 16.4. The molecule has 0 aliphatic carbocycles. The second-order valence-corrected chi connectivity index (χ2v) is 6.18. The molecule has 24 heavy (non-hydrogen) atoms. The number of morpholine rings is 1. The van der Waals surface area contributed by atoms with E-state index in [2.05, 4.69) is 0 Å². The van der Waals surface area contributed by atoms with Crippen molar-refractivity contribution in [2.75, 3.05) is 18.0 Å². The van der Waals surface area contributed by atoms with Gasteiger partial charge in [-0.1, -0.05) is 18.2 Å². The van der Waals surface area contributed by atoms with Gasteiger partial charge in [-0.25, -0.2) is 0 Å². The minimum absolute atomic E-state index is 0.0549. The van der Waals surface area contributed by atoms with Crippen molar-refractivity contribution in [3.63, 3.8) is 0 Å². The number of rotatable bonds is 3. The Labute approximate surface area is 139 Å². The van der Waals surface area contributed by atoms with Gasteiger partial charge in [0.15, 0.2) is 0 Å². The fourth-order valence-corrected chi connectivity index (χ4v) is 3.53. The lowest BCUT2D eigenvalue weighted by Crippen LogP contribution is -2.46. The molecule has 1 aliphatic heterocycles. The number of aromatic nitrogens is 1. The summed E-state index contributed by atoms with van der Waals surface area (Å²) < 4.78 is 7.19. The molecular weight excluding hydrogens is 310 g/mol. The van der Waals surface area contributed by atoms with Crippen molar-refractivity contribution in [3.05, 3.63) is 44.7 Å². The first-order valence-corrected chi connectivity index (χ1v) is 8.14. The van der Waals surface area contributed by atoms with Gasteiger partial charge in [0.2, 0.25) is 0 Å². The molecule has 1 saturated heterocycles. The number of aryl methyl sites for hydroxylation is 1. The molecule has 0 N–H and O–H groups in total. The highest BCUT2D eigenvalue weighted by atomic mass is 16.6. The molecule has 2 aromatic rings. The zero-order valence-corrected chi connectivity index (χ0v) is 14.1. The highest BCUT2D eigenvalue weighted by molar-refractivity contribution is 5.96. The molecule has 1 fully saturated rings. The lowest BCUT2D eigenvalue weighted by atomic mass is 10.1. The number of hydrogen-bond acceptors (Lipinski definition) is 5. The lowest BCUT2D eigenvalue weighted by molar-refractivity contribution is -0.385. The van der Waals surface area contributed by atoms with Crippen LogP contribution in [-0.4, -0.2) is 34.8 Å². The Morgan fingerprint density at radius 3 is 2.46 bits per heavy atom. The lowest BCUT2D eigenvalue weighted by Gasteiger charge is -2.37. The van der Waals surface area contributed by atoms with Crippen LogP contribution in [0.2, 0.25) is 0 Å². The molecule has 7 nitrogen and oxygen atoms in total. The van der Waals surface area contributed by atoms with Crippen molar-refractivity contribution in [2.45, 2.75) is 39.5 Å². The molecule has 0 spiro atoms. The average Bonchev–Trinajstić information content (AvgIpc) is 2.52. The molecule has 1 aromatic carbocycles. The summed E-state index contributed by atoms with van der Waals surface area (Å²) in [5, 5.41) is 12.4. The summed E-state index contributed by atoms with van der Waals surface area (Å²) in [6.07, 6.45) is -0.110. The molecule has 128 valence electrons. The van der Waals surface area contributed by atoms with E-state index in [1.54, 1.807) is 0 Å². The number of anilines is 1. The Bertz CT molecular complexity index is 836. The van der Waals surface area contributed by atoms with Crippen LogP contribution in [0.4, 0.5) is 11.4 Å². The number of para-hydroxylation sites is 1. The summed E-state index contributed by atoms with van der Waals surface area (Å²) in [4.78, 5) is 25.8. The summed E-state index contributed by atoms with van der Waals surface area (Å²) in [7, 11) is 0. The largest absolute Gasteiger partial charge is 0.372 e. The zero-order valence-electron chi connectivity index (χ0n) is 14.1. The number of fused-ring (bicyclic) bond motifs is 1. The van der Waals surface area contributed by atoms with Gasteiger partial charge in [-0.05, 0) is 26.8 Å². The molecule has 2 atom stereocenters. The van der Waals surface area contributed by atoms with Crippen molar-refractivity contribution in [1.29, 1.82) is 0 Å². The Morgan fingerprint density at radius 1 is 1.25 bits per heavy atom. The molecule has 0 unspecified atom stereocenters. The van der Waals surface area contributed by atoms with E-state index in [1.807, 2.05) is 49.9 Å². The molecule has 1 aliphatic rings. The normalized spacial score (nSPS) is 21.2. The Morgan fingerprint density at radius 2 is 1.88 bits per heavy atom. The van der Waals surface area contributed by atoms with Gasteiger partial charge in [0.25, 0.3) is 0 Å². The number of ether oxygens (including phenoxy) is 1. The van der Waals surface area contributed by atoms with Gasteiger partial charge < -0.3 is 14.2 Å². The van der Waals surface area contributed by atoms with Gasteiger partial charge >= 0.3 is 11.2 Å². The Balaban J connectivity index is 2.35. The fourth-order valence-electron chi connectivity index (χ4n) is 3.53. The highest BCUT2D eigenvalue weighted by Gasteiger charge is 2.32. The maximum absolute atomic E-state index is 12.7. The average molecular weight is 331 g/mol. The van der Waals surface area contributed by atoms with Gasteiger partial charge in [-0.15, -0.1) is 0 Å². The summed E-state index contributed by atoms with van der Waals surface area (Å²) in [6.45, 7) is 7.11. The molecule has 3 rings (SSSR count). The van der Waals surface area contributed by atoms with Gasteiger partial charge in [0.1, 0.15) is 5.69 Å². The van der Waals surface area contributed by atoms with Crippen LogP contribution in [-0.2, 0) is 11.3 Å². The number of nitrogens with zero attached hydrogens (tertiary/aromatic N) is 3. The third-order valence-electron chi connectivity index (χ3n) is 4.36. The topological polar surface area (TPSA) is 77.6 Å². The van der Waals surface area contributed by atoms with Crippen LogP contribution >= 0.6 is 0 Å². The molecule has 0 saturated carbocycles. The molecule has 0 bridgehead atoms. The van der Waals surface area contributed by atoms with E-state index in [0.717, 1.165) is 10.9 Å². The number of benzene rings is 1. The van der Waals surface area contributed by atoms with E-state index in [1.165, 1.54) is 4.57 Å². The second-order valence-electron chi connectivity index (χ2n) is 6.18. The number of hydrogen-bond donors (Lipinski definition) is 0. The van der Waals surface area contributed by atoms with Crippen molar-refractivity contribution < 1.29 is 9.66 Å². The van der Waals surface area contributed by atoms with E-state index < -0.39 is 10.5 Å². The van der Waals surface area contributed by atoms with E-state index in [4.69, 9.17) is 4.74 Å². The summed E-state index contributed by atoms with van der Waals surface area (Å²) in [5.41, 5.74) is 0.226. The van der Waals surface area contributed by atoms with Crippen LogP contribution in [0.15, 0.2) is 29.1 Å². The first-order chi connectivity index (χ1) is 11.4. The van der Waals surface area contributed by atoms with Crippen molar-refractivity contribution >= 4 is 22.3 Å². The van der Waals surface area contributed by atoms with E-state index in [9.17, 15) is 14.9 Å². The van der Waals surface area contributed by atoms with Crippen molar-refractivity contribution in [3.8, 4) is 0 Å². The standard InChI is InChI=1S/C17H21N3O4/c1-4-19-14-8-6-5-7-13(14)15(16(17(19)21)20(22)23)18-9-11(2)24-12(3)10-18/h5-8,11-12H,4,9-10H2,1-3H3/t11-,12-/m0/s1. The quantitative estimate of drug-likeness (QED) is 0.638. The zero-order chi connectivity index (χ0) is 17.4. The smallest absolute Gasteiger partial charge is 0.357 e. The van der Waals surface area contributed by atoms with Crippen LogP contribution in [0.25, 0.3) is 10.9 Å². The Kier molecular flexibility index (Phi) is 4.28. The maximum atomic E-state index is 12.7. The van der Waals surface area contributed by atoms with Crippen molar-refractivity contribution in [2.24, 2.45) is 0 Å². The third-order valence-corrected chi connectivity index (χ3v) is 4.36. The van der Waals surface area contributed by atoms with Crippen LogP contribution in [0, 0.1) is 10.1 Å². The van der Waals surface area contributed by atoms with Gasteiger partial charge in [0.05, 0.1) is 22.6 Å². The van der Waals surface area contributed by atoms with E-state index in [0.29, 0.717) is 25.3 Å². The van der Waals surface area contributed by atoms with E-state index in [-0.39, 0.29) is 17.9 Å². The minimum atomic E-state index is -0.555. The van der Waals surface area contributed by atoms with Crippen LogP contribution < -0.4 is 10.5 Å². The van der Waals surface area contributed by atoms with Crippen LogP contribution in [0.1, 0.15) is 20.8 Å². The molecule has 1 aromatic heterocycles. The van der Waals surface area contributed by atoms with Crippen LogP contribution in [0.5, 0.6) is 0 Å². The van der Waals surface area contributed by atoms with Crippen molar-refractivity contribution in [1.82, 2.24) is 4.57 Å². The highest BCUT2D eigenvalue weighted by Crippen LogP contribution is 2.35. The monoisotopic (exact) mass is 331 g/mol. The summed E-state index contributed by atoms with van der Waals surface area (Å²) in [5.74, 6) is 0.